The number of ether oxygens (including phenoxy) is 3. The maximum Gasteiger partial charge on any atom is 0.317 e. The summed E-state index contributed by atoms with van der Waals surface area (Å²) in [4.78, 5) is 11.1. The lowest BCUT2D eigenvalue weighted by Gasteiger charge is -2.22. The minimum atomic E-state index is -1.98. The van der Waals surface area contributed by atoms with E-state index in [0.29, 0.717) is 11.4 Å². The van der Waals surface area contributed by atoms with E-state index in [9.17, 15) is 9.18 Å². The van der Waals surface area contributed by atoms with Gasteiger partial charge in [-0.05, 0) is 12.1 Å². The summed E-state index contributed by atoms with van der Waals surface area (Å²) in [5, 5.41) is 2.37. The minimum absolute atomic E-state index is 0.0331. The zero-order chi connectivity index (χ0) is 11.5. The van der Waals surface area contributed by atoms with Crippen LogP contribution in [0.3, 0.4) is 0 Å². The van der Waals surface area contributed by atoms with Crippen molar-refractivity contribution < 1.29 is 23.4 Å². The second kappa shape index (κ2) is 4.36. The van der Waals surface area contributed by atoms with Crippen LogP contribution >= 0.6 is 0 Å². The van der Waals surface area contributed by atoms with Crippen molar-refractivity contribution in [1.29, 1.82) is 0 Å². The van der Waals surface area contributed by atoms with Crippen molar-refractivity contribution in [2.45, 2.75) is 6.36 Å². The van der Waals surface area contributed by atoms with Gasteiger partial charge in [-0.15, -0.1) is 0 Å². The molecule has 1 atom stereocenters. The Bertz CT molecular complexity index is 410. The van der Waals surface area contributed by atoms with E-state index < -0.39 is 12.3 Å². The van der Waals surface area contributed by atoms with E-state index in [-0.39, 0.29) is 12.5 Å². The molecule has 0 saturated heterocycles. The van der Waals surface area contributed by atoms with Crippen LogP contribution in [0.25, 0.3) is 0 Å². The van der Waals surface area contributed by atoms with Crippen LogP contribution in [0.1, 0.15) is 0 Å². The highest BCUT2D eigenvalue weighted by Crippen LogP contribution is 2.37. The molecule has 0 fully saturated rings. The topological polar surface area (TPSA) is 56.8 Å². The van der Waals surface area contributed by atoms with Crippen molar-refractivity contribution in [2.75, 3.05) is 19.2 Å². The Morgan fingerprint density at radius 2 is 2.38 bits per heavy atom. The molecule has 1 aliphatic heterocycles. The molecule has 0 bridgehead atoms. The fraction of sp³-hybridized carbons (Fsp3) is 0.300. The molecule has 0 aromatic heterocycles. The summed E-state index contributed by atoms with van der Waals surface area (Å²) in [5.41, 5.74) is 0.318. The van der Waals surface area contributed by atoms with Crippen molar-refractivity contribution in [2.24, 2.45) is 0 Å². The average Bonchev–Trinajstić information content (AvgIpc) is 2.28. The molecule has 1 amide bonds. The predicted octanol–water partition coefficient (Wildman–Crippen LogP) is 1.30. The normalized spacial score (nSPS) is 18.4. The molecule has 0 spiro atoms. The summed E-state index contributed by atoms with van der Waals surface area (Å²) < 4.78 is 27.6. The second-order valence-electron chi connectivity index (χ2n) is 3.10. The Labute approximate surface area is 91.1 Å². The lowest BCUT2D eigenvalue weighted by Crippen LogP contribution is -2.33. The molecule has 0 saturated carbocycles. The number of methoxy groups -OCH3 is 1. The van der Waals surface area contributed by atoms with Gasteiger partial charge in [-0.2, -0.15) is 4.39 Å². The summed E-state index contributed by atoms with van der Waals surface area (Å²) >= 11 is 0. The number of halogens is 1. The number of anilines is 1. The van der Waals surface area contributed by atoms with E-state index in [1.165, 1.54) is 7.11 Å². The number of fused-ring (bicyclic) bond motifs is 1. The quantitative estimate of drug-likeness (QED) is 0.790. The Morgan fingerprint density at radius 1 is 1.56 bits per heavy atom. The highest BCUT2D eigenvalue weighted by atomic mass is 19.1. The molecular formula is C10H10FNO4. The smallest absolute Gasteiger partial charge is 0.317 e. The average molecular weight is 227 g/mol. The van der Waals surface area contributed by atoms with E-state index in [0.717, 1.165) is 0 Å². The van der Waals surface area contributed by atoms with Gasteiger partial charge in [-0.25, -0.2) is 0 Å². The van der Waals surface area contributed by atoms with Crippen molar-refractivity contribution in [3.8, 4) is 11.5 Å². The summed E-state index contributed by atoms with van der Waals surface area (Å²) in [6.45, 7) is 0.0331. The molecule has 2 rings (SSSR count). The van der Waals surface area contributed by atoms with E-state index >= 15 is 0 Å². The van der Waals surface area contributed by atoms with Gasteiger partial charge in [0.1, 0.15) is 11.4 Å². The highest BCUT2D eigenvalue weighted by Gasteiger charge is 2.29. The Hall–Kier alpha value is -1.82. The lowest BCUT2D eigenvalue weighted by atomic mass is 10.2. The van der Waals surface area contributed by atoms with Crippen LogP contribution in [0.4, 0.5) is 10.1 Å². The summed E-state index contributed by atoms with van der Waals surface area (Å²) in [7, 11) is 1.47. The van der Waals surface area contributed by atoms with Gasteiger partial charge in [0.05, 0.1) is 0 Å². The molecule has 1 unspecified atom stereocenters. The molecule has 6 heteroatoms. The molecule has 1 aliphatic rings. The SMILES string of the molecule is COCOc1cccc2c1NC(=O)C(F)O2. The fourth-order valence-corrected chi connectivity index (χ4v) is 1.32. The first-order chi connectivity index (χ1) is 7.72. The van der Waals surface area contributed by atoms with Crippen LogP contribution in [-0.4, -0.2) is 26.2 Å². The van der Waals surface area contributed by atoms with E-state index in [1.807, 2.05) is 0 Å². The van der Waals surface area contributed by atoms with Gasteiger partial charge >= 0.3 is 6.36 Å². The number of nitrogens with one attached hydrogen (secondary N) is 1. The summed E-state index contributed by atoms with van der Waals surface area (Å²) in [5.74, 6) is -0.235. The highest BCUT2D eigenvalue weighted by molar-refractivity contribution is 5.98. The Balaban J connectivity index is 2.29. The minimum Gasteiger partial charge on any atom is -0.465 e. The molecular weight excluding hydrogens is 217 g/mol. The third kappa shape index (κ3) is 1.92. The molecule has 1 aromatic rings. The van der Waals surface area contributed by atoms with Gasteiger partial charge in [-0.1, -0.05) is 6.07 Å². The standard InChI is InChI=1S/C10H10FNO4/c1-14-5-15-6-3-2-4-7-8(6)12-10(13)9(11)16-7/h2-4,9H,5H2,1H3,(H,12,13). The molecule has 0 aliphatic carbocycles. The third-order valence-electron chi connectivity index (χ3n) is 2.01. The number of carbonyl (C=O) groups is 1. The maximum absolute atomic E-state index is 12.9. The van der Waals surface area contributed by atoms with E-state index in [2.05, 4.69) is 5.32 Å². The molecule has 5 nitrogen and oxygen atoms in total. The van der Waals surface area contributed by atoms with Crippen LogP contribution in [0, 0.1) is 0 Å². The molecule has 16 heavy (non-hydrogen) atoms. The van der Waals surface area contributed by atoms with Crippen molar-refractivity contribution in [1.82, 2.24) is 0 Å². The van der Waals surface area contributed by atoms with Crippen molar-refractivity contribution in [3.05, 3.63) is 18.2 Å². The van der Waals surface area contributed by atoms with Crippen molar-refractivity contribution >= 4 is 11.6 Å². The number of alkyl halides is 1. The van der Waals surface area contributed by atoms with Gasteiger partial charge in [0.15, 0.2) is 12.5 Å². The van der Waals surface area contributed by atoms with Crippen LogP contribution in [0.15, 0.2) is 18.2 Å². The van der Waals surface area contributed by atoms with Crippen molar-refractivity contribution in [3.63, 3.8) is 0 Å². The largest absolute Gasteiger partial charge is 0.465 e. The van der Waals surface area contributed by atoms with E-state index in [1.54, 1.807) is 18.2 Å². The number of rotatable bonds is 3. The van der Waals surface area contributed by atoms with Crippen LogP contribution < -0.4 is 14.8 Å². The van der Waals surface area contributed by atoms with Gasteiger partial charge in [0.25, 0.3) is 5.91 Å². The summed E-state index contributed by atoms with van der Waals surface area (Å²) in [6, 6.07) is 4.80. The zero-order valence-corrected chi connectivity index (χ0v) is 8.53. The number of carbonyl (C=O) groups excluding carboxylic acids is 1. The number of para-hydroxylation sites is 1. The number of amides is 1. The van der Waals surface area contributed by atoms with Gasteiger partial charge in [0, 0.05) is 7.11 Å². The first-order valence-corrected chi connectivity index (χ1v) is 4.58. The molecule has 1 aromatic carbocycles. The molecule has 1 N–H and O–H groups in total. The maximum atomic E-state index is 12.9. The molecule has 86 valence electrons. The van der Waals surface area contributed by atoms with Crippen LogP contribution in [-0.2, 0) is 9.53 Å². The van der Waals surface area contributed by atoms with Crippen LogP contribution in [0.2, 0.25) is 0 Å². The second-order valence-corrected chi connectivity index (χ2v) is 3.10. The monoisotopic (exact) mass is 227 g/mol. The molecule has 1 heterocycles. The first-order valence-electron chi connectivity index (χ1n) is 4.58. The number of benzene rings is 1. The van der Waals surface area contributed by atoms with Crippen LogP contribution in [0.5, 0.6) is 11.5 Å². The Kier molecular flexibility index (Phi) is 2.91. The lowest BCUT2D eigenvalue weighted by molar-refractivity contribution is -0.130. The molecule has 0 radical (unpaired) electrons. The van der Waals surface area contributed by atoms with Gasteiger partial charge < -0.3 is 19.5 Å². The number of hydrogen-bond donors (Lipinski definition) is 1. The van der Waals surface area contributed by atoms with Gasteiger partial charge in [-0.3, -0.25) is 4.79 Å². The first kappa shape index (κ1) is 10.7. The third-order valence-corrected chi connectivity index (χ3v) is 2.01. The Morgan fingerprint density at radius 3 is 3.12 bits per heavy atom. The zero-order valence-electron chi connectivity index (χ0n) is 8.53. The fourth-order valence-electron chi connectivity index (χ4n) is 1.32. The summed E-state index contributed by atoms with van der Waals surface area (Å²) in [6.07, 6.45) is -1.98. The van der Waals surface area contributed by atoms with Gasteiger partial charge in [0.2, 0.25) is 0 Å². The number of hydrogen-bond acceptors (Lipinski definition) is 4. The predicted molar refractivity (Wildman–Crippen MR) is 53.1 cm³/mol. The van der Waals surface area contributed by atoms with E-state index in [4.69, 9.17) is 14.2 Å².